The Morgan fingerprint density at radius 1 is 1.36 bits per heavy atom. The molecule has 3 rings (SSSR count). The normalized spacial score (nSPS) is 16.6. The minimum Gasteiger partial charge on any atom is -0.468 e. The monoisotopic (exact) mass is 347 g/mol. The molecule has 136 valence electrons. The van der Waals surface area contributed by atoms with Crippen molar-refractivity contribution in [3.05, 3.63) is 42.1 Å². The van der Waals surface area contributed by atoms with Crippen molar-refractivity contribution in [3.63, 3.8) is 0 Å². The zero-order valence-electron chi connectivity index (χ0n) is 14.6. The third-order valence-electron chi connectivity index (χ3n) is 4.11. The van der Waals surface area contributed by atoms with Crippen LogP contribution >= 0.6 is 0 Å². The van der Waals surface area contributed by atoms with Gasteiger partial charge < -0.3 is 15.0 Å². The fourth-order valence-corrected chi connectivity index (χ4v) is 2.68. The van der Waals surface area contributed by atoms with Crippen LogP contribution in [0.2, 0.25) is 0 Å². The predicted molar refractivity (Wildman–Crippen MR) is 95.8 cm³/mol. The average Bonchev–Trinajstić information content (AvgIpc) is 3.14. The fraction of sp³-hybridized carbons (Fsp3) is 0.474. The maximum absolute atomic E-state index is 12.9. The Bertz CT molecular complexity index is 622. The van der Waals surface area contributed by atoms with E-state index in [4.69, 9.17) is 0 Å². The lowest BCUT2D eigenvalue weighted by Crippen LogP contribution is -2.28. The van der Waals surface area contributed by atoms with Gasteiger partial charge in [-0.1, -0.05) is 13.3 Å². The van der Waals surface area contributed by atoms with Gasteiger partial charge in [-0.3, -0.25) is 4.79 Å². The number of hydrogen-bond donors (Lipinski definition) is 2. The molecule has 2 N–H and O–H groups in total. The number of imidazole rings is 1. The molecule has 6 heteroatoms. The third-order valence-corrected chi connectivity index (χ3v) is 4.11. The first-order valence-corrected chi connectivity index (χ1v) is 8.81. The molecule has 0 amide bonds. The molecule has 1 aliphatic rings. The average molecular weight is 347 g/mol. The lowest BCUT2D eigenvalue weighted by molar-refractivity contribution is -0.128. The largest absolute Gasteiger partial charge is 0.468 e. The summed E-state index contributed by atoms with van der Waals surface area (Å²) < 4.78 is 17.3. The first-order chi connectivity index (χ1) is 12.2. The van der Waals surface area contributed by atoms with Crippen molar-refractivity contribution in [2.45, 2.75) is 38.5 Å². The van der Waals surface area contributed by atoms with E-state index in [2.05, 4.69) is 20.0 Å². The van der Waals surface area contributed by atoms with Crippen molar-refractivity contribution >= 4 is 6.47 Å². The molecule has 1 atom stereocenters. The summed E-state index contributed by atoms with van der Waals surface area (Å²) in [5.41, 5.74) is 1.83. The summed E-state index contributed by atoms with van der Waals surface area (Å²) in [5.74, 6) is 1.28. The quantitative estimate of drug-likeness (QED) is 0.618. The Labute approximate surface area is 148 Å². The SMILES string of the molecule is CCCCOC=O.Fc1ccc(-c2c[nH]c(C3CCCNC3)n2)cc1. The van der Waals surface area contributed by atoms with Crippen LogP contribution in [-0.4, -0.2) is 36.1 Å². The smallest absolute Gasteiger partial charge is 0.293 e. The van der Waals surface area contributed by atoms with Crippen LogP contribution in [0.15, 0.2) is 30.5 Å². The third kappa shape index (κ3) is 6.31. The molecule has 0 radical (unpaired) electrons. The molecular formula is C19H26FN3O2. The zero-order valence-corrected chi connectivity index (χ0v) is 14.6. The molecule has 0 aliphatic carbocycles. The molecule has 2 heterocycles. The maximum Gasteiger partial charge on any atom is 0.293 e. The van der Waals surface area contributed by atoms with Crippen molar-refractivity contribution in [1.29, 1.82) is 0 Å². The molecule has 1 aromatic carbocycles. The Morgan fingerprint density at radius 2 is 2.16 bits per heavy atom. The number of hydrogen-bond acceptors (Lipinski definition) is 4. The number of piperidine rings is 1. The first-order valence-electron chi connectivity index (χ1n) is 8.81. The van der Waals surface area contributed by atoms with E-state index in [0.717, 1.165) is 43.0 Å². The van der Waals surface area contributed by atoms with Gasteiger partial charge in [0.25, 0.3) is 6.47 Å². The van der Waals surface area contributed by atoms with Crippen LogP contribution in [0.3, 0.4) is 0 Å². The van der Waals surface area contributed by atoms with Crippen LogP contribution in [0.5, 0.6) is 0 Å². The topological polar surface area (TPSA) is 67.0 Å². The van der Waals surface area contributed by atoms with Gasteiger partial charge >= 0.3 is 0 Å². The fourth-order valence-electron chi connectivity index (χ4n) is 2.68. The minimum atomic E-state index is -0.217. The number of aromatic nitrogens is 2. The van der Waals surface area contributed by atoms with Crippen LogP contribution in [0, 0.1) is 5.82 Å². The Kier molecular flexibility index (Phi) is 8.12. The van der Waals surface area contributed by atoms with Crippen molar-refractivity contribution in [3.8, 4) is 11.3 Å². The Morgan fingerprint density at radius 3 is 2.80 bits per heavy atom. The lowest BCUT2D eigenvalue weighted by Gasteiger charge is -2.20. The number of ether oxygens (including phenoxy) is 1. The predicted octanol–water partition coefficient (Wildman–Crippen LogP) is 3.64. The molecule has 25 heavy (non-hydrogen) atoms. The van der Waals surface area contributed by atoms with Crippen LogP contribution in [0.1, 0.15) is 44.3 Å². The molecular weight excluding hydrogens is 321 g/mol. The van der Waals surface area contributed by atoms with Crippen LogP contribution in [-0.2, 0) is 9.53 Å². The van der Waals surface area contributed by atoms with Gasteiger partial charge in [0.2, 0.25) is 0 Å². The van der Waals surface area contributed by atoms with Crippen molar-refractivity contribution < 1.29 is 13.9 Å². The van der Waals surface area contributed by atoms with Gasteiger partial charge in [-0.25, -0.2) is 9.37 Å². The second kappa shape index (κ2) is 10.6. The number of nitrogens with one attached hydrogen (secondary N) is 2. The Balaban J connectivity index is 0.000000277. The van der Waals surface area contributed by atoms with Gasteiger partial charge in [0.15, 0.2) is 0 Å². The highest BCUT2D eigenvalue weighted by Crippen LogP contribution is 2.24. The summed E-state index contributed by atoms with van der Waals surface area (Å²) in [7, 11) is 0. The maximum atomic E-state index is 12.9. The summed E-state index contributed by atoms with van der Waals surface area (Å²) in [4.78, 5) is 17.3. The van der Waals surface area contributed by atoms with E-state index in [1.807, 2.05) is 13.1 Å². The lowest BCUT2D eigenvalue weighted by atomic mass is 9.99. The summed E-state index contributed by atoms with van der Waals surface area (Å²) in [5, 5.41) is 3.38. The van der Waals surface area contributed by atoms with Crippen molar-refractivity contribution in [2.75, 3.05) is 19.7 Å². The Hall–Kier alpha value is -2.21. The van der Waals surface area contributed by atoms with Gasteiger partial charge in [0.1, 0.15) is 11.6 Å². The van der Waals surface area contributed by atoms with Crippen LogP contribution < -0.4 is 5.32 Å². The summed E-state index contributed by atoms with van der Waals surface area (Å²) >= 11 is 0. The number of benzene rings is 1. The molecule has 1 unspecified atom stereocenters. The van der Waals surface area contributed by atoms with E-state index in [0.29, 0.717) is 19.0 Å². The molecule has 1 aliphatic heterocycles. The van der Waals surface area contributed by atoms with E-state index in [1.54, 1.807) is 12.1 Å². The molecule has 0 bridgehead atoms. The zero-order chi connectivity index (χ0) is 17.9. The molecule has 5 nitrogen and oxygen atoms in total. The molecule has 1 saturated heterocycles. The first kappa shape index (κ1) is 19.1. The summed E-state index contributed by atoms with van der Waals surface area (Å²) in [6, 6.07) is 6.44. The summed E-state index contributed by atoms with van der Waals surface area (Å²) in [6.07, 6.45) is 6.31. The minimum absolute atomic E-state index is 0.217. The highest BCUT2D eigenvalue weighted by molar-refractivity contribution is 5.58. The number of halogens is 1. The van der Waals surface area contributed by atoms with Gasteiger partial charge in [-0.15, -0.1) is 0 Å². The second-order valence-electron chi connectivity index (χ2n) is 6.04. The number of aromatic amines is 1. The number of unbranched alkanes of at least 4 members (excludes halogenated alkanes) is 1. The van der Waals surface area contributed by atoms with Crippen LogP contribution in [0.25, 0.3) is 11.3 Å². The van der Waals surface area contributed by atoms with E-state index >= 15 is 0 Å². The number of carbonyl (C=O) groups is 1. The highest BCUT2D eigenvalue weighted by Gasteiger charge is 2.18. The number of rotatable bonds is 6. The van der Waals surface area contributed by atoms with Gasteiger partial charge in [-0.2, -0.15) is 0 Å². The van der Waals surface area contributed by atoms with E-state index < -0.39 is 0 Å². The van der Waals surface area contributed by atoms with Gasteiger partial charge in [-0.05, 0) is 50.1 Å². The standard InChI is InChI=1S/C14H16FN3.C5H10O2/c15-12-5-3-10(4-6-12)13-9-17-14(18-13)11-2-1-7-16-8-11;1-2-3-4-7-5-6/h3-6,9,11,16H,1-2,7-8H2,(H,17,18);5H,2-4H2,1H3. The molecule has 0 spiro atoms. The highest BCUT2D eigenvalue weighted by atomic mass is 19.1. The van der Waals surface area contributed by atoms with Crippen molar-refractivity contribution in [1.82, 2.24) is 15.3 Å². The summed E-state index contributed by atoms with van der Waals surface area (Å²) in [6.45, 7) is 5.18. The molecule has 1 fully saturated rings. The molecule has 1 aromatic heterocycles. The van der Waals surface area contributed by atoms with E-state index in [-0.39, 0.29) is 5.82 Å². The molecule has 0 saturated carbocycles. The number of carbonyl (C=O) groups excluding carboxylic acids is 1. The number of nitrogens with zero attached hydrogens (tertiary/aromatic N) is 1. The van der Waals surface area contributed by atoms with Crippen LogP contribution in [0.4, 0.5) is 4.39 Å². The van der Waals surface area contributed by atoms with E-state index in [9.17, 15) is 9.18 Å². The van der Waals surface area contributed by atoms with Gasteiger partial charge in [0, 0.05) is 24.2 Å². The second-order valence-corrected chi connectivity index (χ2v) is 6.04. The van der Waals surface area contributed by atoms with Gasteiger partial charge in [0.05, 0.1) is 12.3 Å². The van der Waals surface area contributed by atoms with E-state index in [1.165, 1.54) is 25.0 Å². The number of H-pyrrole nitrogens is 1. The van der Waals surface area contributed by atoms with Crippen molar-refractivity contribution in [2.24, 2.45) is 0 Å². The molecule has 2 aromatic rings.